The maximum absolute atomic E-state index is 12.5. The molecule has 0 bridgehead atoms. The number of rotatable bonds is 5. The minimum absolute atomic E-state index is 0.132. The highest BCUT2D eigenvalue weighted by atomic mass is 16.2. The zero-order valence-electron chi connectivity index (χ0n) is 12.5. The SMILES string of the molecule is CCC1CCC(N(C)C(=O)C(N)(CC)CC)CC1. The van der Waals surface area contributed by atoms with Crippen LogP contribution in [0.2, 0.25) is 0 Å². The molecule has 1 amide bonds. The Kier molecular flexibility index (Phi) is 5.64. The molecule has 0 unspecified atom stereocenters. The van der Waals surface area contributed by atoms with Crippen LogP contribution in [0.4, 0.5) is 0 Å². The fraction of sp³-hybridized carbons (Fsp3) is 0.933. The van der Waals surface area contributed by atoms with Gasteiger partial charge in [-0.05, 0) is 44.4 Å². The molecule has 18 heavy (non-hydrogen) atoms. The van der Waals surface area contributed by atoms with E-state index in [4.69, 9.17) is 5.73 Å². The number of hydrogen-bond acceptors (Lipinski definition) is 2. The summed E-state index contributed by atoms with van der Waals surface area (Å²) in [6.45, 7) is 6.27. The van der Waals surface area contributed by atoms with E-state index in [2.05, 4.69) is 6.92 Å². The van der Waals surface area contributed by atoms with Gasteiger partial charge in [-0.3, -0.25) is 4.79 Å². The predicted molar refractivity (Wildman–Crippen MR) is 76.3 cm³/mol. The van der Waals surface area contributed by atoms with E-state index in [0.29, 0.717) is 6.04 Å². The van der Waals surface area contributed by atoms with Gasteiger partial charge in [-0.1, -0.05) is 27.2 Å². The molecule has 0 aliphatic heterocycles. The minimum atomic E-state index is -0.656. The Morgan fingerprint density at radius 1 is 1.17 bits per heavy atom. The van der Waals surface area contributed by atoms with Crippen LogP contribution in [0.5, 0.6) is 0 Å². The Balaban J connectivity index is 2.59. The molecule has 3 nitrogen and oxygen atoms in total. The summed E-state index contributed by atoms with van der Waals surface area (Å²) in [5, 5.41) is 0. The first-order chi connectivity index (χ1) is 8.48. The number of nitrogens with zero attached hydrogens (tertiary/aromatic N) is 1. The van der Waals surface area contributed by atoms with Crippen LogP contribution in [-0.2, 0) is 4.79 Å². The lowest BCUT2D eigenvalue weighted by Crippen LogP contribution is -2.56. The molecule has 1 aliphatic rings. The van der Waals surface area contributed by atoms with E-state index in [0.717, 1.165) is 31.6 Å². The molecule has 3 heteroatoms. The van der Waals surface area contributed by atoms with E-state index in [-0.39, 0.29) is 5.91 Å². The lowest BCUT2D eigenvalue weighted by atomic mass is 9.83. The molecular formula is C15H30N2O. The van der Waals surface area contributed by atoms with Gasteiger partial charge >= 0.3 is 0 Å². The van der Waals surface area contributed by atoms with Crippen LogP contribution in [0.3, 0.4) is 0 Å². The van der Waals surface area contributed by atoms with Crippen LogP contribution < -0.4 is 5.73 Å². The summed E-state index contributed by atoms with van der Waals surface area (Å²) in [5.74, 6) is 0.997. The van der Waals surface area contributed by atoms with Crippen LogP contribution in [0.15, 0.2) is 0 Å². The molecule has 1 saturated carbocycles. The van der Waals surface area contributed by atoms with Gasteiger partial charge in [-0.25, -0.2) is 0 Å². The smallest absolute Gasteiger partial charge is 0.242 e. The van der Waals surface area contributed by atoms with Crippen molar-refractivity contribution in [3.8, 4) is 0 Å². The van der Waals surface area contributed by atoms with Gasteiger partial charge in [0.15, 0.2) is 0 Å². The summed E-state index contributed by atoms with van der Waals surface area (Å²) in [6.07, 6.45) is 7.51. The Morgan fingerprint density at radius 2 is 1.67 bits per heavy atom. The van der Waals surface area contributed by atoms with Crippen LogP contribution in [0, 0.1) is 5.92 Å². The van der Waals surface area contributed by atoms with Gasteiger partial charge < -0.3 is 10.6 Å². The molecule has 0 aromatic carbocycles. The second-order valence-corrected chi connectivity index (χ2v) is 5.86. The molecule has 0 heterocycles. The first kappa shape index (κ1) is 15.5. The number of nitrogens with two attached hydrogens (primary N) is 1. The summed E-state index contributed by atoms with van der Waals surface area (Å²) >= 11 is 0. The van der Waals surface area contributed by atoms with E-state index in [1.807, 2.05) is 25.8 Å². The van der Waals surface area contributed by atoms with Crippen molar-refractivity contribution in [2.45, 2.75) is 77.3 Å². The monoisotopic (exact) mass is 254 g/mol. The molecule has 2 N–H and O–H groups in total. The second kappa shape index (κ2) is 6.55. The first-order valence-corrected chi connectivity index (χ1v) is 7.54. The van der Waals surface area contributed by atoms with Crippen LogP contribution in [-0.4, -0.2) is 29.4 Å². The van der Waals surface area contributed by atoms with E-state index in [9.17, 15) is 4.79 Å². The normalized spacial score (nSPS) is 24.9. The highest BCUT2D eigenvalue weighted by Gasteiger charge is 2.36. The summed E-state index contributed by atoms with van der Waals surface area (Å²) < 4.78 is 0. The lowest BCUT2D eigenvalue weighted by molar-refractivity contribution is -0.138. The number of carbonyl (C=O) groups is 1. The van der Waals surface area contributed by atoms with Crippen LogP contribution in [0.1, 0.15) is 65.7 Å². The number of hydrogen-bond donors (Lipinski definition) is 1. The largest absolute Gasteiger partial charge is 0.341 e. The van der Waals surface area contributed by atoms with Crippen LogP contribution in [0.25, 0.3) is 0 Å². The van der Waals surface area contributed by atoms with E-state index in [1.54, 1.807) is 0 Å². The Labute approximate surface area is 112 Å². The molecular weight excluding hydrogens is 224 g/mol. The summed E-state index contributed by atoms with van der Waals surface area (Å²) in [5.41, 5.74) is 5.55. The van der Waals surface area contributed by atoms with Crippen molar-refractivity contribution in [2.24, 2.45) is 11.7 Å². The predicted octanol–water partition coefficient (Wildman–Crippen LogP) is 2.93. The van der Waals surface area contributed by atoms with Gasteiger partial charge in [0.2, 0.25) is 5.91 Å². The second-order valence-electron chi connectivity index (χ2n) is 5.86. The average molecular weight is 254 g/mol. The van der Waals surface area contributed by atoms with Gasteiger partial charge in [0.1, 0.15) is 0 Å². The molecule has 106 valence electrons. The Hall–Kier alpha value is -0.570. The van der Waals surface area contributed by atoms with Gasteiger partial charge in [0, 0.05) is 13.1 Å². The minimum Gasteiger partial charge on any atom is -0.341 e. The van der Waals surface area contributed by atoms with Crippen molar-refractivity contribution in [1.82, 2.24) is 4.90 Å². The number of amides is 1. The number of carbonyl (C=O) groups excluding carboxylic acids is 1. The summed E-state index contributed by atoms with van der Waals surface area (Å²) in [7, 11) is 1.94. The maximum atomic E-state index is 12.5. The van der Waals surface area contributed by atoms with Gasteiger partial charge in [-0.15, -0.1) is 0 Å². The molecule has 1 rings (SSSR count). The molecule has 1 aliphatic carbocycles. The van der Waals surface area contributed by atoms with Gasteiger partial charge in [0.25, 0.3) is 0 Å². The number of likely N-dealkylation sites (N-methyl/N-ethyl adjacent to an activating group) is 1. The molecule has 0 saturated heterocycles. The van der Waals surface area contributed by atoms with Gasteiger partial charge in [-0.2, -0.15) is 0 Å². The lowest BCUT2D eigenvalue weighted by Gasteiger charge is -2.39. The zero-order valence-corrected chi connectivity index (χ0v) is 12.5. The van der Waals surface area contributed by atoms with Crippen LogP contribution >= 0.6 is 0 Å². The Morgan fingerprint density at radius 3 is 2.06 bits per heavy atom. The molecule has 1 fully saturated rings. The fourth-order valence-corrected chi connectivity index (χ4v) is 3.01. The molecule has 0 spiro atoms. The molecule has 0 aromatic heterocycles. The third-order valence-electron chi connectivity index (χ3n) is 4.95. The van der Waals surface area contributed by atoms with E-state index >= 15 is 0 Å². The summed E-state index contributed by atoms with van der Waals surface area (Å²) in [6, 6.07) is 0.404. The summed E-state index contributed by atoms with van der Waals surface area (Å²) in [4.78, 5) is 14.4. The van der Waals surface area contributed by atoms with E-state index in [1.165, 1.54) is 19.3 Å². The third kappa shape index (κ3) is 3.25. The fourth-order valence-electron chi connectivity index (χ4n) is 3.01. The molecule has 0 atom stereocenters. The highest BCUT2D eigenvalue weighted by molar-refractivity contribution is 5.86. The van der Waals surface area contributed by atoms with Gasteiger partial charge in [0.05, 0.1) is 5.54 Å². The molecule has 0 radical (unpaired) electrons. The highest BCUT2D eigenvalue weighted by Crippen LogP contribution is 2.30. The van der Waals surface area contributed by atoms with Crippen molar-refractivity contribution in [3.05, 3.63) is 0 Å². The maximum Gasteiger partial charge on any atom is 0.242 e. The van der Waals surface area contributed by atoms with Crippen molar-refractivity contribution in [2.75, 3.05) is 7.05 Å². The van der Waals surface area contributed by atoms with Crippen molar-refractivity contribution in [3.63, 3.8) is 0 Å². The van der Waals surface area contributed by atoms with Crippen molar-refractivity contribution >= 4 is 5.91 Å². The average Bonchev–Trinajstić information content (AvgIpc) is 2.44. The van der Waals surface area contributed by atoms with E-state index < -0.39 is 5.54 Å². The first-order valence-electron chi connectivity index (χ1n) is 7.54. The third-order valence-corrected chi connectivity index (χ3v) is 4.95. The zero-order chi connectivity index (χ0) is 13.8. The standard InChI is InChI=1S/C15H30N2O/c1-5-12-8-10-13(11-9-12)17(4)14(18)15(16,6-2)7-3/h12-13H,5-11,16H2,1-4H3. The Bertz CT molecular complexity index is 266. The molecule has 0 aromatic rings. The topological polar surface area (TPSA) is 46.3 Å². The quantitative estimate of drug-likeness (QED) is 0.820. The van der Waals surface area contributed by atoms with Crippen molar-refractivity contribution in [1.29, 1.82) is 0 Å². The van der Waals surface area contributed by atoms with Crippen molar-refractivity contribution < 1.29 is 4.79 Å².